The van der Waals surface area contributed by atoms with E-state index in [1.165, 1.54) is 6.07 Å². The number of rotatable bonds is 5. The van der Waals surface area contributed by atoms with Crippen molar-refractivity contribution in [1.82, 2.24) is 15.2 Å². The first kappa shape index (κ1) is 24.0. The van der Waals surface area contributed by atoms with Gasteiger partial charge in [0.25, 0.3) is 0 Å². The highest BCUT2D eigenvalue weighted by Crippen LogP contribution is 2.39. The molecule has 6 nitrogen and oxygen atoms in total. The highest BCUT2D eigenvalue weighted by molar-refractivity contribution is 5.79. The Labute approximate surface area is 197 Å². The Morgan fingerprint density at radius 2 is 1.88 bits per heavy atom. The third-order valence-electron chi connectivity index (χ3n) is 7.12. The summed E-state index contributed by atoms with van der Waals surface area (Å²) in [6.45, 7) is 3.51. The molecule has 3 heterocycles. The molecule has 9 heteroatoms. The molecule has 0 radical (unpaired) electrons. The van der Waals surface area contributed by atoms with Gasteiger partial charge in [-0.25, -0.2) is 0 Å². The quantitative estimate of drug-likeness (QED) is 0.720. The van der Waals surface area contributed by atoms with Gasteiger partial charge in [0.1, 0.15) is 0 Å². The number of hydrogen-bond acceptors (Lipinski definition) is 5. The lowest BCUT2D eigenvalue weighted by atomic mass is 9.78. The fourth-order valence-electron chi connectivity index (χ4n) is 5.38. The molecular formula is C25H28F3N5O. The summed E-state index contributed by atoms with van der Waals surface area (Å²) in [5.41, 5.74) is 0.387. The summed E-state index contributed by atoms with van der Waals surface area (Å²) in [6, 6.07) is 9.52. The van der Waals surface area contributed by atoms with E-state index in [4.69, 9.17) is 5.26 Å². The van der Waals surface area contributed by atoms with E-state index < -0.39 is 11.7 Å². The smallest absolute Gasteiger partial charge is 0.372 e. The topological polar surface area (TPSA) is 72.3 Å². The zero-order valence-corrected chi connectivity index (χ0v) is 19.1. The number of amides is 1. The van der Waals surface area contributed by atoms with Gasteiger partial charge in [-0.2, -0.15) is 18.4 Å². The van der Waals surface area contributed by atoms with Gasteiger partial charge in [-0.05, 0) is 60.6 Å². The van der Waals surface area contributed by atoms with Crippen LogP contribution in [0.15, 0.2) is 42.7 Å². The maximum Gasteiger partial charge on any atom is 0.417 e. The predicted octanol–water partition coefficient (Wildman–Crippen LogP) is 3.68. The van der Waals surface area contributed by atoms with Crippen LogP contribution in [0.25, 0.3) is 0 Å². The Morgan fingerprint density at radius 1 is 1.18 bits per heavy atom. The number of pyridine rings is 1. The second-order valence-electron chi connectivity index (χ2n) is 9.10. The van der Waals surface area contributed by atoms with Crippen LogP contribution in [0.5, 0.6) is 0 Å². The number of anilines is 1. The molecule has 0 saturated carbocycles. The van der Waals surface area contributed by atoms with E-state index in [2.05, 4.69) is 15.2 Å². The summed E-state index contributed by atoms with van der Waals surface area (Å²) in [7, 11) is 1.66. The summed E-state index contributed by atoms with van der Waals surface area (Å²) < 4.78 is 40.1. The van der Waals surface area contributed by atoms with Crippen molar-refractivity contribution in [2.24, 2.45) is 17.8 Å². The van der Waals surface area contributed by atoms with E-state index >= 15 is 0 Å². The molecule has 2 atom stereocenters. The van der Waals surface area contributed by atoms with Crippen molar-refractivity contribution >= 4 is 11.6 Å². The number of nitriles is 1. The second-order valence-corrected chi connectivity index (χ2v) is 9.10. The van der Waals surface area contributed by atoms with E-state index in [1.54, 1.807) is 31.6 Å². The number of piperidine rings is 1. The Kier molecular flexibility index (Phi) is 7.08. The van der Waals surface area contributed by atoms with Crippen LogP contribution >= 0.6 is 0 Å². The van der Waals surface area contributed by atoms with E-state index in [0.29, 0.717) is 31.2 Å². The molecule has 0 aliphatic carbocycles. The van der Waals surface area contributed by atoms with E-state index in [1.807, 2.05) is 17.0 Å². The summed E-state index contributed by atoms with van der Waals surface area (Å²) in [5.74, 6) is 0.471. The molecule has 34 heavy (non-hydrogen) atoms. The van der Waals surface area contributed by atoms with Crippen molar-refractivity contribution in [2.75, 3.05) is 38.1 Å². The summed E-state index contributed by atoms with van der Waals surface area (Å²) >= 11 is 0. The Morgan fingerprint density at radius 3 is 2.50 bits per heavy atom. The van der Waals surface area contributed by atoms with Gasteiger partial charge in [-0.15, -0.1) is 0 Å². The largest absolute Gasteiger partial charge is 0.417 e. The first-order valence-corrected chi connectivity index (χ1v) is 11.5. The van der Waals surface area contributed by atoms with Gasteiger partial charge in [0, 0.05) is 57.9 Å². The lowest BCUT2D eigenvalue weighted by molar-refractivity contribution is -0.137. The van der Waals surface area contributed by atoms with Crippen molar-refractivity contribution in [3.8, 4) is 6.07 Å². The van der Waals surface area contributed by atoms with Gasteiger partial charge < -0.3 is 10.2 Å². The Hall–Kier alpha value is -3.12. The van der Waals surface area contributed by atoms with Gasteiger partial charge in [0.05, 0.1) is 23.1 Å². The first-order valence-electron chi connectivity index (χ1n) is 11.5. The second kappa shape index (κ2) is 10.0. The number of carbonyl (C=O) groups excluding carboxylic acids is 1. The molecule has 2 aliphatic heterocycles. The van der Waals surface area contributed by atoms with Gasteiger partial charge >= 0.3 is 6.18 Å². The number of carbonyl (C=O) groups is 1. The summed E-state index contributed by atoms with van der Waals surface area (Å²) in [5, 5.41) is 11.8. The molecule has 2 saturated heterocycles. The average Bonchev–Trinajstić information content (AvgIpc) is 3.27. The van der Waals surface area contributed by atoms with Crippen LogP contribution in [0, 0.1) is 29.1 Å². The van der Waals surface area contributed by atoms with Crippen LogP contribution < -0.4 is 10.2 Å². The van der Waals surface area contributed by atoms with Crippen molar-refractivity contribution < 1.29 is 18.0 Å². The fraction of sp³-hybridized carbons (Fsp3) is 0.480. The van der Waals surface area contributed by atoms with Crippen LogP contribution in [0.2, 0.25) is 0 Å². The van der Waals surface area contributed by atoms with Crippen LogP contribution in [0.3, 0.4) is 0 Å². The number of nitrogens with zero attached hydrogens (tertiary/aromatic N) is 4. The van der Waals surface area contributed by atoms with Crippen molar-refractivity contribution in [2.45, 2.75) is 25.6 Å². The Balaban J connectivity index is 1.44. The summed E-state index contributed by atoms with van der Waals surface area (Å²) in [6.07, 6.45) is 0.581. The van der Waals surface area contributed by atoms with Crippen LogP contribution in [0.4, 0.5) is 18.9 Å². The van der Waals surface area contributed by atoms with Crippen molar-refractivity contribution in [3.63, 3.8) is 0 Å². The first-order chi connectivity index (χ1) is 16.3. The van der Waals surface area contributed by atoms with Gasteiger partial charge in [-0.3, -0.25) is 14.7 Å². The lowest BCUT2D eigenvalue weighted by Crippen LogP contribution is -2.41. The monoisotopic (exact) mass is 471 g/mol. The maximum atomic E-state index is 13.4. The molecule has 2 fully saturated rings. The van der Waals surface area contributed by atoms with Gasteiger partial charge in [0.15, 0.2) is 0 Å². The SMILES string of the molecule is CNC(=O)[C@@H]1CN(Cc2ccncc2)C[C@H]1C1CCN(c2ccc(C#N)c(C(F)(F)F)c2)CC1. The minimum Gasteiger partial charge on any atom is -0.372 e. The average molecular weight is 472 g/mol. The number of alkyl halides is 3. The number of aromatic nitrogens is 1. The van der Waals surface area contributed by atoms with Crippen molar-refractivity contribution in [3.05, 3.63) is 59.4 Å². The minimum absolute atomic E-state index is 0.0477. The molecule has 2 aromatic rings. The normalized spacial score (nSPS) is 21.9. The van der Waals surface area contributed by atoms with Crippen LogP contribution in [-0.2, 0) is 17.5 Å². The molecule has 1 aromatic carbocycles. The molecule has 1 N–H and O–H groups in total. The highest BCUT2D eigenvalue weighted by Gasteiger charge is 2.42. The molecule has 180 valence electrons. The molecule has 1 amide bonds. The van der Waals surface area contributed by atoms with Crippen LogP contribution in [-0.4, -0.2) is 49.0 Å². The number of nitrogens with one attached hydrogen (secondary N) is 1. The minimum atomic E-state index is -4.57. The number of benzene rings is 1. The molecule has 0 bridgehead atoms. The highest BCUT2D eigenvalue weighted by atomic mass is 19.4. The van der Waals surface area contributed by atoms with Gasteiger partial charge in [-0.1, -0.05) is 0 Å². The maximum absolute atomic E-state index is 13.4. The predicted molar refractivity (Wildman–Crippen MR) is 122 cm³/mol. The molecule has 0 unspecified atom stereocenters. The van der Waals surface area contributed by atoms with E-state index in [0.717, 1.165) is 37.6 Å². The van der Waals surface area contributed by atoms with E-state index in [-0.39, 0.29) is 23.3 Å². The zero-order valence-electron chi connectivity index (χ0n) is 19.1. The third kappa shape index (κ3) is 5.17. The third-order valence-corrected chi connectivity index (χ3v) is 7.12. The fourth-order valence-corrected chi connectivity index (χ4v) is 5.38. The van der Waals surface area contributed by atoms with Crippen LogP contribution in [0.1, 0.15) is 29.5 Å². The standard InChI is InChI=1S/C25H28F3N5O/c1-30-24(34)22-16-32(14-17-4-8-31-9-5-17)15-21(22)18-6-10-33(11-7-18)20-3-2-19(13-29)23(12-20)25(26,27)28/h2-5,8-9,12,18,21-22H,6-7,10-11,14-16H2,1H3,(H,30,34)/t21-,22+/m0/s1. The Bertz CT molecular complexity index is 1040. The molecular weight excluding hydrogens is 443 g/mol. The molecule has 1 aromatic heterocycles. The lowest BCUT2D eigenvalue weighted by Gasteiger charge is -2.37. The molecule has 2 aliphatic rings. The number of likely N-dealkylation sites (tertiary alicyclic amines) is 1. The number of halogens is 3. The molecule has 4 rings (SSSR count). The van der Waals surface area contributed by atoms with E-state index in [9.17, 15) is 18.0 Å². The van der Waals surface area contributed by atoms with Gasteiger partial charge in [0.2, 0.25) is 5.91 Å². The molecule has 0 spiro atoms. The summed E-state index contributed by atoms with van der Waals surface area (Å²) in [4.78, 5) is 21.0. The zero-order chi connectivity index (χ0) is 24.3. The van der Waals surface area contributed by atoms with Crippen molar-refractivity contribution in [1.29, 1.82) is 5.26 Å². The number of hydrogen-bond donors (Lipinski definition) is 1.